The molecule has 0 saturated heterocycles. The minimum absolute atomic E-state index is 0.861. The van der Waals surface area contributed by atoms with Crippen molar-refractivity contribution in [2.45, 2.75) is 25.7 Å². The van der Waals surface area contributed by atoms with Gasteiger partial charge in [0.2, 0.25) is 0 Å². The molecule has 2 nitrogen and oxygen atoms in total. The highest BCUT2D eigenvalue weighted by molar-refractivity contribution is 5.77. The van der Waals surface area contributed by atoms with E-state index < -0.39 is 0 Å². The molecule has 0 unspecified atom stereocenters. The van der Waals surface area contributed by atoms with Crippen molar-refractivity contribution in [3.05, 3.63) is 23.0 Å². The summed E-state index contributed by atoms with van der Waals surface area (Å²) in [6.07, 6.45) is 7.44. The summed E-state index contributed by atoms with van der Waals surface area (Å²) in [5.74, 6) is 0. The lowest BCUT2D eigenvalue weighted by Gasteiger charge is -2.10. The first-order valence-electron chi connectivity index (χ1n) is 4.06. The molecule has 58 valence electrons. The number of hydrogen-bond acceptors (Lipinski definition) is 1. The van der Waals surface area contributed by atoms with Gasteiger partial charge in [0.15, 0.2) is 6.29 Å². The van der Waals surface area contributed by atoms with Crippen LogP contribution in [0.25, 0.3) is 0 Å². The maximum atomic E-state index is 10.5. The fraction of sp³-hybridized carbons (Fsp3) is 0.444. The van der Waals surface area contributed by atoms with Gasteiger partial charge in [0.05, 0.1) is 0 Å². The number of hydrogen-bond donors (Lipinski definition) is 1. The number of carbonyl (C=O) groups is 1. The van der Waals surface area contributed by atoms with Gasteiger partial charge >= 0.3 is 0 Å². The van der Waals surface area contributed by atoms with Crippen LogP contribution in [0, 0.1) is 0 Å². The second-order valence-corrected chi connectivity index (χ2v) is 3.03. The van der Waals surface area contributed by atoms with E-state index in [4.69, 9.17) is 0 Å². The van der Waals surface area contributed by atoms with Gasteiger partial charge in [-0.05, 0) is 31.2 Å². The number of aromatic nitrogens is 1. The van der Waals surface area contributed by atoms with E-state index in [0.29, 0.717) is 0 Å². The van der Waals surface area contributed by atoms with E-state index in [1.54, 1.807) is 0 Å². The summed E-state index contributed by atoms with van der Waals surface area (Å²) < 4.78 is 0. The number of nitrogens with one attached hydrogen (secondary N) is 1. The van der Waals surface area contributed by atoms with E-state index >= 15 is 0 Å². The van der Waals surface area contributed by atoms with Crippen molar-refractivity contribution in [1.82, 2.24) is 4.98 Å². The minimum atomic E-state index is 0.861. The van der Waals surface area contributed by atoms with Crippen LogP contribution in [0.3, 0.4) is 0 Å². The van der Waals surface area contributed by atoms with Gasteiger partial charge < -0.3 is 4.98 Å². The Labute approximate surface area is 65.6 Å². The molecule has 1 N–H and O–H groups in total. The average molecular weight is 149 g/mol. The zero-order valence-corrected chi connectivity index (χ0v) is 6.39. The molecule has 1 aliphatic carbocycles. The predicted octanol–water partition coefficient (Wildman–Crippen LogP) is 1.71. The lowest BCUT2D eigenvalue weighted by atomic mass is 9.96. The fourth-order valence-electron chi connectivity index (χ4n) is 1.74. The van der Waals surface area contributed by atoms with E-state index in [-0.39, 0.29) is 0 Å². The second kappa shape index (κ2) is 2.53. The van der Waals surface area contributed by atoms with Gasteiger partial charge in [-0.25, -0.2) is 0 Å². The fourth-order valence-corrected chi connectivity index (χ4v) is 1.74. The monoisotopic (exact) mass is 149 g/mol. The number of carbonyl (C=O) groups excluding carboxylic acids is 1. The van der Waals surface area contributed by atoms with Crippen LogP contribution in [0.5, 0.6) is 0 Å². The van der Waals surface area contributed by atoms with Crippen molar-refractivity contribution in [2.24, 2.45) is 0 Å². The van der Waals surface area contributed by atoms with Crippen LogP contribution in [0.15, 0.2) is 6.20 Å². The Balaban J connectivity index is 2.45. The molecule has 0 fully saturated rings. The normalized spacial score (nSPS) is 16.0. The number of aldehydes is 1. The molecule has 0 amide bonds. The van der Waals surface area contributed by atoms with Crippen LogP contribution in [0.1, 0.15) is 34.5 Å². The minimum Gasteiger partial charge on any atom is -0.364 e. The highest BCUT2D eigenvalue weighted by Crippen LogP contribution is 2.22. The summed E-state index contributed by atoms with van der Waals surface area (Å²) in [5, 5.41) is 0. The zero-order chi connectivity index (χ0) is 7.68. The van der Waals surface area contributed by atoms with Crippen LogP contribution in [-0.2, 0) is 12.8 Å². The Morgan fingerprint density at radius 3 is 3.00 bits per heavy atom. The molecule has 2 heteroatoms. The standard InChI is InChI=1S/C9H11NO/c11-6-7-5-10-9-4-2-1-3-8(7)9/h5-6,10H,1-4H2. The molecule has 0 radical (unpaired) electrons. The summed E-state index contributed by atoms with van der Waals surface area (Å²) >= 11 is 0. The Kier molecular flexibility index (Phi) is 1.53. The summed E-state index contributed by atoms with van der Waals surface area (Å²) in [6.45, 7) is 0. The van der Waals surface area contributed by atoms with Crippen LogP contribution >= 0.6 is 0 Å². The van der Waals surface area contributed by atoms with E-state index in [9.17, 15) is 4.79 Å². The van der Waals surface area contributed by atoms with Gasteiger partial charge in [0.25, 0.3) is 0 Å². The molecule has 1 aromatic heterocycles. The van der Waals surface area contributed by atoms with Gasteiger partial charge in [-0.15, -0.1) is 0 Å². The quantitative estimate of drug-likeness (QED) is 0.606. The lowest BCUT2D eigenvalue weighted by Crippen LogP contribution is -2.01. The van der Waals surface area contributed by atoms with Gasteiger partial charge in [0, 0.05) is 17.5 Å². The summed E-state index contributed by atoms with van der Waals surface area (Å²) in [4.78, 5) is 13.7. The van der Waals surface area contributed by atoms with Gasteiger partial charge in [-0.3, -0.25) is 4.79 Å². The van der Waals surface area contributed by atoms with Crippen molar-refractivity contribution >= 4 is 6.29 Å². The molecule has 1 aromatic rings. The van der Waals surface area contributed by atoms with Crippen molar-refractivity contribution in [3.63, 3.8) is 0 Å². The van der Waals surface area contributed by atoms with Crippen molar-refractivity contribution in [3.8, 4) is 0 Å². The molecule has 0 aliphatic heterocycles. The van der Waals surface area contributed by atoms with Gasteiger partial charge in [-0.2, -0.15) is 0 Å². The molecule has 2 rings (SSSR count). The van der Waals surface area contributed by atoms with Gasteiger partial charge in [-0.1, -0.05) is 0 Å². The zero-order valence-electron chi connectivity index (χ0n) is 6.39. The molecular weight excluding hydrogens is 138 g/mol. The van der Waals surface area contributed by atoms with Crippen molar-refractivity contribution in [1.29, 1.82) is 0 Å². The van der Waals surface area contributed by atoms with Gasteiger partial charge in [0.1, 0.15) is 0 Å². The molecule has 11 heavy (non-hydrogen) atoms. The maximum Gasteiger partial charge on any atom is 0.151 e. The molecule has 0 aromatic carbocycles. The molecule has 0 spiro atoms. The molecule has 0 atom stereocenters. The predicted molar refractivity (Wildman–Crippen MR) is 42.8 cm³/mol. The Morgan fingerprint density at radius 1 is 1.36 bits per heavy atom. The summed E-state index contributed by atoms with van der Waals surface area (Å²) in [5.41, 5.74) is 3.39. The number of aryl methyl sites for hydroxylation is 1. The average Bonchev–Trinajstić information content (AvgIpc) is 2.47. The number of aromatic amines is 1. The number of fused-ring (bicyclic) bond motifs is 1. The largest absolute Gasteiger partial charge is 0.364 e. The molecule has 0 bridgehead atoms. The highest BCUT2D eigenvalue weighted by Gasteiger charge is 2.13. The topological polar surface area (TPSA) is 32.9 Å². The van der Waals surface area contributed by atoms with Crippen LogP contribution in [-0.4, -0.2) is 11.3 Å². The van der Waals surface area contributed by atoms with E-state index in [0.717, 1.165) is 24.7 Å². The SMILES string of the molecule is O=Cc1c[nH]c2c1CCCC2. The van der Waals surface area contributed by atoms with Crippen LogP contribution in [0.2, 0.25) is 0 Å². The molecular formula is C9H11NO. The van der Waals surface area contributed by atoms with Crippen LogP contribution < -0.4 is 0 Å². The van der Waals surface area contributed by atoms with Crippen LogP contribution in [0.4, 0.5) is 0 Å². The first-order valence-corrected chi connectivity index (χ1v) is 4.06. The third-order valence-electron chi connectivity index (χ3n) is 2.35. The smallest absolute Gasteiger partial charge is 0.151 e. The Morgan fingerprint density at radius 2 is 2.18 bits per heavy atom. The highest BCUT2D eigenvalue weighted by atomic mass is 16.1. The van der Waals surface area contributed by atoms with E-state index in [1.807, 2.05) is 6.20 Å². The molecule has 1 heterocycles. The molecule has 1 aliphatic rings. The third kappa shape index (κ3) is 0.985. The second-order valence-electron chi connectivity index (χ2n) is 3.03. The Bertz CT molecular complexity index is 275. The number of H-pyrrole nitrogens is 1. The van der Waals surface area contributed by atoms with Crippen molar-refractivity contribution in [2.75, 3.05) is 0 Å². The third-order valence-corrected chi connectivity index (χ3v) is 2.35. The number of rotatable bonds is 1. The Hall–Kier alpha value is -1.05. The summed E-state index contributed by atoms with van der Waals surface area (Å²) in [7, 11) is 0. The summed E-state index contributed by atoms with van der Waals surface area (Å²) in [6, 6.07) is 0. The molecule has 0 saturated carbocycles. The van der Waals surface area contributed by atoms with E-state index in [2.05, 4.69) is 4.98 Å². The maximum absolute atomic E-state index is 10.5. The van der Waals surface area contributed by atoms with E-state index in [1.165, 1.54) is 24.1 Å². The first-order chi connectivity index (χ1) is 5.42. The lowest BCUT2D eigenvalue weighted by molar-refractivity contribution is 0.112. The first kappa shape index (κ1) is 6.65. The van der Waals surface area contributed by atoms with Crippen molar-refractivity contribution < 1.29 is 4.79 Å².